The third-order valence-electron chi connectivity index (χ3n) is 5.88. The molecule has 1 aliphatic heterocycles. The molecule has 3 heterocycles. The molecule has 2 aromatic heterocycles. The van der Waals surface area contributed by atoms with Gasteiger partial charge in [0.2, 0.25) is 0 Å². The maximum absolute atomic E-state index is 13.2. The Balaban J connectivity index is 1.53. The van der Waals surface area contributed by atoms with Gasteiger partial charge in [0.25, 0.3) is 5.91 Å². The summed E-state index contributed by atoms with van der Waals surface area (Å²) >= 11 is 0. The van der Waals surface area contributed by atoms with Gasteiger partial charge in [-0.1, -0.05) is 0 Å². The van der Waals surface area contributed by atoms with Crippen LogP contribution in [0.5, 0.6) is 0 Å². The molecule has 0 unspecified atom stereocenters. The molecule has 5 nitrogen and oxygen atoms in total. The molecule has 0 aromatic carbocycles. The predicted octanol–water partition coefficient (Wildman–Crippen LogP) is 3.50. The summed E-state index contributed by atoms with van der Waals surface area (Å²) in [7, 11) is 0. The van der Waals surface area contributed by atoms with E-state index >= 15 is 0 Å². The Labute approximate surface area is 149 Å². The fraction of sp³-hybridized carbons (Fsp3) is 0.600. The number of hydrogen-bond acceptors (Lipinski definition) is 2. The molecule has 0 bridgehead atoms. The molecule has 2 aromatic rings. The standard InChI is InChI=1S/C20H28N4O/c1-14-11-19(15(2)24(14)12-17-6-7-17)20(25)22-9-4-5-18(13-22)23-10-8-21-16(23)3/h8,10-11,17-18H,4-7,9,12-13H2,1-3H3/t18-/m0/s1. The van der Waals surface area contributed by atoms with E-state index in [2.05, 4.69) is 34.0 Å². The second-order valence-corrected chi connectivity index (χ2v) is 7.77. The summed E-state index contributed by atoms with van der Waals surface area (Å²) < 4.78 is 4.56. The van der Waals surface area contributed by atoms with Crippen LogP contribution in [0.1, 0.15) is 59.3 Å². The van der Waals surface area contributed by atoms with Gasteiger partial charge in [-0.3, -0.25) is 4.79 Å². The third-order valence-corrected chi connectivity index (χ3v) is 5.88. The van der Waals surface area contributed by atoms with Crippen molar-refractivity contribution in [3.8, 4) is 0 Å². The Hall–Kier alpha value is -2.04. The molecule has 0 spiro atoms. The number of carbonyl (C=O) groups excluding carboxylic acids is 1. The van der Waals surface area contributed by atoms with Crippen LogP contribution in [0.2, 0.25) is 0 Å². The monoisotopic (exact) mass is 340 g/mol. The first-order valence-electron chi connectivity index (χ1n) is 9.50. The summed E-state index contributed by atoms with van der Waals surface area (Å²) in [6.45, 7) is 8.97. The number of carbonyl (C=O) groups is 1. The van der Waals surface area contributed by atoms with Crippen molar-refractivity contribution in [3.63, 3.8) is 0 Å². The lowest BCUT2D eigenvalue weighted by Gasteiger charge is -2.34. The van der Waals surface area contributed by atoms with Gasteiger partial charge in [0, 0.05) is 43.4 Å². The Kier molecular flexibility index (Phi) is 4.18. The topological polar surface area (TPSA) is 43.1 Å². The SMILES string of the molecule is Cc1nccn1[C@H]1CCCN(C(=O)c2cc(C)n(CC3CC3)c2C)C1. The van der Waals surface area contributed by atoms with Gasteiger partial charge in [-0.25, -0.2) is 4.98 Å². The van der Waals surface area contributed by atoms with Gasteiger partial charge in [0.1, 0.15) is 5.82 Å². The summed E-state index contributed by atoms with van der Waals surface area (Å²) in [6.07, 6.45) is 8.71. The summed E-state index contributed by atoms with van der Waals surface area (Å²) in [4.78, 5) is 19.6. The molecule has 4 rings (SSSR count). The van der Waals surface area contributed by atoms with E-state index in [1.165, 1.54) is 18.5 Å². The Morgan fingerprint density at radius 3 is 2.72 bits per heavy atom. The summed E-state index contributed by atoms with van der Waals surface area (Å²) in [5.74, 6) is 2.04. The van der Waals surface area contributed by atoms with Crippen molar-refractivity contribution in [1.29, 1.82) is 0 Å². The van der Waals surface area contributed by atoms with Crippen LogP contribution >= 0.6 is 0 Å². The van der Waals surface area contributed by atoms with Crippen LogP contribution in [-0.4, -0.2) is 38.0 Å². The van der Waals surface area contributed by atoms with E-state index in [9.17, 15) is 4.79 Å². The van der Waals surface area contributed by atoms with Crippen LogP contribution in [0.4, 0.5) is 0 Å². The fourth-order valence-corrected chi connectivity index (χ4v) is 4.17. The van der Waals surface area contributed by atoms with Gasteiger partial charge < -0.3 is 14.0 Å². The average molecular weight is 340 g/mol. The number of hydrogen-bond donors (Lipinski definition) is 0. The molecule has 2 fully saturated rings. The quantitative estimate of drug-likeness (QED) is 0.855. The molecular weight excluding hydrogens is 312 g/mol. The van der Waals surface area contributed by atoms with Crippen molar-refractivity contribution in [2.45, 2.75) is 59.0 Å². The number of aryl methyl sites for hydroxylation is 2. The molecule has 0 N–H and O–H groups in total. The van der Waals surface area contributed by atoms with Crippen LogP contribution in [0, 0.1) is 26.7 Å². The molecule has 0 radical (unpaired) electrons. The molecule has 25 heavy (non-hydrogen) atoms. The van der Waals surface area contributed by atoms with E-state index in [1.807, 2.05) is 24.2 Å². The smallest absolute Gasteiger partial charge is 0.255 e. The molecule has 1 amide bonds. The van der Waals surface area contributed by atoms with Gasteiger partial charge in [0.15, 0.2) is 0 Å². The zero-order chi connectivity index (χ0) is 17.6. The van der Waals surface area contributed by atoms with Crippen molar-refractivity contribution >= 4 is 5.91 Å². The zero-order valence-electron chi connectivity index (χ0n) is 15.5. The van der Waals surface area contributed by atoms with E-state index < -0.39 is 0 Å². The van der Waals surface area contributed by atoms with E-state index in [-0.39, 0.29) is 5.91 Å². The minimum atomic E-state index is 0.192. The zero-order valence-corrected chi connectivity index (χ0v) is 15.5. The van der Waals surface area contributed by atoms with Gasteiger partial charge in [-0.05, 0) is 58.4 Å². The van der Waals surface area contributed by atoms with E-state index in [0.717, 1.165) is 55.5 Å². The Morgan fingerprint density at radius 2 is 2.04 bits per heavy atom. The van der Waals surface area contributed by atoms with Gasteiger partial charge in [-0.2, -0.15) is 0 Å². The van der Waals surface area contributed by atoms with Crippen molar-refractivity contribution in [1.82, 2.24) is 19.0 Å². The van der Waals surface area contributed by atoms with Gasteiger partial charge in [-0.15, -0.1) is 0 Å². The van der Waals surface area contributed by atoms with E-state index in [1.54, 1.807) is 0 Å². The second kappa shape index (κ2) is 6.36. The molecule has 1 saturated carbocycles. The molecule has 1 atom stereocenters. The Bertz CT molecular complexity index is 784. The first-order chi connectivity index (χ1) is 12.0. The number of likely N-dealkylation sites (tertiary alicyclic amines) is 1. The van der Waals surface area contributed by atoms with E-state index in [4.69, 9.17) is 0 Å². The van der Waals surface area contributed by atoms with Crippen molar-refractivity contribution < 1.29 is 4.79 Å². The normalized spacial score (nSPS) is 20.9. The van der Waals surface area contributed by atoms with Gasteiger partial charge >= 0.3 is 0 Å². The van der Waals surface area contributed by atoms with Crippen LogP contribution in [0.25, 0.3) is 0 Å². The minimum absolute atomic E-state index is 0.192. The average Bonchev–Trinajstić information content (AvgIpc) is 3.27. The molecule has 2 aliphatic rings. The van der Waals surface area contributed by atoms with Crippen molar-refractivity contribution in [3.05, 3.63) is 41.2 Å². The molecule has 1 saturated heterocycles. The number of imidazole rings is 1. The summed E-state index contributed by atoms with van der Waals surface area (Å²) in [6, 6.07) is 2.43. The molecular formula is C20H28N4O. The fourth-order valence-electron chi connectivity index (χ4n) is 4.17. The van der Waals surface area contributed by atoms with Crippen molar-refractivity contribution in [2.75, 3.05) is 13.1 Å². The number of aromatic nitrogens is 3. The van der Waals surface area contributed by atoms with Gasteiger partial charge in [0.05, 0.1) is 11.6 Å². The maximum Gasteiger partial charge on any atom is 0.255 e. The number of rotatable bonds is 4. The van der Waals surface area contributed by atoms with Crippen LogP contribution < -0.4 is 0 Å². The lowest BCUT2D eigenvalue weighted by atomic mass is 10.0. The largest absolute Gasteiger partial charge is 0.348 e. The lowest BCUT2D eigenvalue weighted by molar-refractivity contribution is 0.0677. The Morgan fingerprint density at radius 1 is 1.24 bits per heavy atom. The first kappa shape index (κ1) is 16.4. The highest BCUT2D eigenvalue weighted by atomic mass is 16.2. The summed E-state index contributed by atoms with van der Waals surface area (Å²) in [5, 5.41) is 0. The summed E-state index contributed by atoms with van der Waals surface area (Å²) in [5.41, 5.74) is 3.24. The highest BCUT2D eigenvalue weighted by Crippen LogP contribution is 2.33. The number of nitrogens with zero attached hydrogens (tertiary/aromatic N) is 4. The van der Waals surface area contributed by atoms with Crippen molar-refractivity contribution in [2.24, 2.45) is 5.92 Å². The molecule has 134 valence electrons. The van der Waals surface area contributed by atoms with E-state index in [0.29, 0.717) is 6.04 Å². The predicted molar refractivity (Wildman–Crippen MR) is 97.8 cm³/mol. The van der Waals surface area contributed by atoms with Crippen LogP contribution in [0.15, 0.2) is 18.5 Å². The molecule has 5 heteroatoms. The minimum Gasteiger partial charge on any atom is -0.348 e. The maximum atomic E-state index is 13.2. The molecule has 1 aliphatic carbocycles. The van der Waals surface area contributed by atoms with Crippen LogP contribution in [-0.2, 0) is 6.54 Å². The third kappa shape index (κ3) is 3.12. The number of amides is 1. The second-order valence-electron chi connectivity index (χ2n) is 7.77. The highest BCUT2D eigenvalue weighted by Gasteiger charge is 2.29. The van der Waals surface area contributed by atoms with Crippen LogP contribution in [0.3, 0.4) is 0 Å². The number of piperidine rings is 1. The first-order valence-corrected chi connectivity index (χ1v) is 9.50. The highest BCUT2D eigenvalue weighted by molar-refractivity contribution is 5.95. The lowest BCUT2D eigenvalue weighted by Crippen LogP contribution is -2.41.